The Bertz CT molecular complexity index is 471. The third-order valence-electron chi connectivity index (χ3n) is 4.85. The summed E-state index contributed by atoms with van der Waals surface area (Å²) >= 11 is 0. The molecule has 170 valence electrons. The quantitative estimate of drug-likeness (QED) is 0.392. The molecule has 0 aromatic rings. The highest BCUT2D eigenvalue weighted by Gasteiger charge is 2.19. The summed E-state index contributed by atoms with van der Waals surface area (Å²) in [5, 5.41) is 3.59. The van der Waals surface area contributed by atoms with E-state index in [0.29, 0.717) is 26.4 Å². The van der Waals surface area contributed by atoms with Gasteiger partial charge in [0.05, 0.1) is 25.4 Å². The Labute approximate surface area is 180 Å². The average molecular weight is 411 g/mol. The van der Waals surface area contributed by atoms with Gasteiger partial charge in [-0.3, -0.25) is 0 Å². The van der Waals surface area contributed by atoms with Gasteiger partial charge in [-0.15, -0.1) is 0 Å². The van der Waals surface area contributed by atoms with E-state index >= 15 is 0 Å². The van der Waals surface area contributed by atoms with Gasteiger partial charge >= 0.3 is 0 Å². The van der Waals surface area contributed by atoms with Gasteiger partial charge in [0, 0.05) is 18.6 Å². The van der Waals surface area contributed by atoms with Gasteiger partial charge in [-0.1, -0.05) is 11.8 Å². The van der Waals surface area contributed by atoms with Crippen molar-refractivity contribution in [3.05, 3.63) is 0 Å². The molecular formula is C24H46N2O3. The lowest BCUT2D eigenvalue weighted by atomic mass is 9.93. The SMILES string of the molecule is CC(C)(C)NCCCC1CCCN(CCOCCOCC#CCOC(C)(C)C)C1. The zero-order valence-electron chi connectivity index (χ0n) is 19.9. The van der Waals surface area contributed by atoms with E-state index in [1.165, 1.54) is 38.8 Å². The number of ether oxygens (including phenoxy) is 3. The second-order valence-electron chi connectivity index (χ2n) is 10.0. The van der Waals surface area contributed by atoms with Crippen LogP contribution in [0.5, 0.6) is 0 Å². The van der Waals surface area contributed by atoms with Crippen molar-refractivity contribution in [2.75, 3.05) is 59.2 Å². The first-order valence-corrected chi connectivity index (χ1v) is 11.4. The van der Waals surface area contributed by atoms with E-state index in [2.05, 4.69) is 42.8 Å². The van der Waals surface area contributed by atoms with Crippen LogP contribution in [0.1, 0.15) is 67.2 Å². The van der Waals surface area contributed by atoms with Crippen LogP contribution in [-0.2, 0) is 14.2 Å². The van der Waals surface area contributed by atoms with Gasteiger partial charge in [0.25, 0.3) is 0 Å². The molecule has 1 N–H and O–H groups in total. The van der Waals surface area contributed by atoms with Crippen molar-refractivity contribution in [3.8, 4) is 11.8 Å². The molecule has 1 aliphatic rings. The summed E-state index contributed by atoms with van der Waals surface area (Å²) < 4.78 is 16.7. The number of hydrogen-bond acceptors (Lipinski definition) is 5. The van der Waals surface area contributed by atoms with Crippen LogP contribution >= 0.6 is 0 Å². The maximum absolute atomic E-state index is 5.73. The fourth-order valence-electron chi connectivity index (χ4n) is 3.34. The second-order valence-corrected chi connectivity index (χ2v) is 10.0. The molecule has 1 heterocycles. The van der Waals surface area contributed by atoms with Crippen LogP contribution in [0.2, 0.25) is 0 Å². The molecule has 0 aromatic carbocycles. The van der Waals surface area contributed by atoms with Crippen LogP contribution in [0.3, 0.4) is 0 Å². The van der Waals surface area contributed by atoms with Crippen LogP contribution in [-0.4, -0.2) is 75.3 Å². The van der Waals surface area contributed by atoms with Crippen molar-refractivity contribution in [1.82, 2.24) is 10.2 Å². The average Bonchev–Trinajstić information content (AvgIpc) is 2.62. The molecule has 29 heavy (non-hydrogen) atoms. The lowest BCUT2D eigenvalue weighted by molar-refractivity contribution is 0.0179. The van der Waals surface area contributed by atoms with Crippen molar-refractivity contribution in [3.63, 3.8) is 0 Å². The minimum atomic E-state index is -0.138. The Morgan fingerprint density at radius 1 is 0.966 bits per heavy atom. The molecule has 1 fully saturated rings. The summed E-state index contributed by atoms with van der Waals surface area (Å²) in [5.74, 6) is 6.78. The Balaban J connectivity index is 1.97. The fraction of sp³-hybridized carbons (Fsp3) is 0.917. The molecular weight excluding hydrogens is 364 g/mol. The molecule has 0 aliphatic carbocycles. The maximum Gasteiger partial charge on any atom is 0.108 e. The molecule has 0 amide bonds. The predicted octanol–water partition coefficient (Wildman–Crippen LogP) is 3.72. The number of hydrogen-bond donors (Lipinski definition) is 1. The molecule has 1 saturated heterocycles. The summed E-state index contributed by atoms with van der Waals surface area (Å²) in [5.41, 5.74) is 0.0914. The molecule has 0 radical (unpaired) electrons. The minimum absolute atomic E-state index is 0.138. The van der Waals surface area contributed by atoms with E-state index in [9.17, 15) is 0 Å². The van der Waals surface area contributed by atoms with Gasteiger partial charge in [0.1, 0.15) is 13.2 Å². The number of nitrogens with zero attached hydrogens (tertiary/aromatic N) is 1. The first-order chi connectivity index (χ1) is 13.7. The molecule has 5 nitrogen and oxygen atoms in total. The third kappa shape index (κ3) is 16.8. The topological polar surface area (TPSA) is 43.0 Å². The summed E-state index contributed by atoms with van der Waals surface area (Å²) in [6.45, 7) is 20.3. The number of rotatable bonds is 12. The van der Waals surface area contributed by atoms with Crippen molar-refractivity contribution in [2.45, 2.75) is 78.4 Å². The standard InChI is InChI=1S/C24H46N2O3/c1-23(2,3)25-13-9-11-22-12-10-14-26(21-22)15-18-28-20-19-27-16-7-8-17-29-24(4,5)6/h22,25H,9-21H2,1-6H3. The van der Waals surface area contributed by atoms with Crippen molar-refractivity contribution < 1.29 is 14.2 Å². The molecule has 0 saturated carbocycles. The molecule has 0 aromatic heterocycles. The van der Waals surface area contributed by atoms with Gasteiger partial charge < -0.3 is 24.4 Å². The fourth-order valence-corrected chi connectivity index (χ4v) is 3.34. The zero-order chi connectivity index (χ0) is 21.6. The van der Waals surface area contributed by atoms with Crippen molar-refractivity contribution >= 4 is 0 Å². The first-order valence-electron chi connectivity index (χ1n) is 11.4. The van der Waals surface area contributed by atoms with Gasteiger partial charge in [0.15, 0.2) is 0 Å². The molecule has 1 rings (SSSR count). The normalized spacial score (nSPS) is 18.5. The second kappa shape index (κ2) is 14.4. The Morgan fingerprint density at radius 3 is 2.41 bits per heavy atom. The molecule has 1 atom stereocenters. The van der Waals surface area contributed by atoms with Gasteiger partial charge in [-0.25, -0.2) is 0 Å². The van der Waals surface area contributed by atoms with Crippen LogP contribution < -0.4 is 5.32 Å². The largest absolute Gasteiger partial charge is 0.378 e. The van der Waals surface area contributed by atoms with Crippen molar-refractivity contribution in [2.24, 2.45) is 5.92 Å². The van der Waals surface area contributed by atoms with E-state index in [1.54, 1.807) is 0 Å². The van der Waals surface area contributed by atoms with Crippen LogP contribution in [0.4, 0.5) is 0 Å². The summed E-state index contributed by atoms with van der Waals surface area (Å²) in [4.78, 5) is 2.56. The van der Waals surface area contributed by atoms with Crippen LogP contribution in [0.25, 0.3) is 0 Å². The Hall–Kier alpha value is -0.640. The number of piperidine rings is 1. The molecule has 5 heteroatoms. The van der Waals surface area contributed by atoms with Gasteiger partial charge in [-0.05, 0) is 86.2 Å². The zero-order valence-corrected chi connectivity index (χ0v) is 19.9. The molecule has 1 aliphatic heterocycles. The smallest absolute Gasteiger partial charge is 0.108 e. The highest BCUT2D eigenvalue weighted by atomic mass is 16.5. The van der Waals surface area contributed by atoms with E-state index in [0.717, 1.165) is 25.6 Å². The predicted molar refractivity (Wildman–Crippen MR) is 121 cm³/mol. The Morgan fingerprint density at radius 2 is 1.69 bits per heavy atom. The summed E-state index contributed by atoms with van der Waals surface area (Å²) in [6, 6.07) is 0. The molecule has 1 unspecified atom stereocenters. The lowest BCUT2D eigenvalue weighted by Gasteiger charge is -2.33. The van der Waals surface area contributed by atoms with Crippen LogP contribution in [0.15, 0.2) is 0 Å². The van der Waals surface area contributed by atoms with Gasteiger partial charge in [-0.2, -0.15) is 0 Å². The molecule has 0 spiro atoms. The maximum atomic E-state index is 5.73. The van der Waals surface area contributed by atoms with E-state index in [4.69, 9.17) is 14.2 Å². The Kier molecular flexibility index (Phi) is 13.1. The highest BCUT2D eigenvalue weighted by Crippen LogP contribution is 2.20. The van der Waals surface area contributed by atoms with Gasteiger partial charge in [0.2, 0.25) is 0 Å². The first kappa shape index (κ1) is 26.4. The lowest BCUT2D eigenvalue weighted by Crippen LogP contribution is -2.39. The van der Waals surface area contributed by atoms with Crippen LogP contribution in [0, 0.1) is 17.8 Å². The monoisotopic (exact) mass is 410 g/mol. The van der Waals surface area contributed by atoms with E-state index < -0.39 is 0 Å². The summed E-state index contributed by atoms with van der Waals surface area (Å²) in [7, 11) is 0. The van der Waals surface area contributed by atoms with E-state index in [1.807, 2.05) is 20.8 Å². The summed E-state index contributed by atoms with van der Waals surface area (Å²) in [6.07, 6.45) is 5.30. The minimum Gasteiger partial charge on any atom is -0.378 e. The molecule has 0 bridgehead atoms. The number of likely N-dealkylation sites (tertiary alicyclic amines) is 1. The number of nitrogens with one attached hydrogen (secondary N) is 1. The highest BCUT2D eigenvalue weighted by molar-refractivity contribution is 4.99. The third-order valence-corrected chi connectivity index (χ3v) is 4.85. The van der Waals surface area contributed by atoms with Crippen molar-refractivity contribution in [1.29, 1.82) is 0 Å². The van der Waals surface area contributed by atoms with E-state index in [-0.39, 0.29) is 11.1 Å².